The Morgan fingerprint density at radius 2 is 1.69 bits per heavy atom. The van der Waals surface area contributed by atoms with E-state index in [2.05, 4.69) is 0 Å². The van der Waals surface area contributed by atoms with Gasteiger partial charge in [0.15, 0.2) is 0 Å². The topological polar surface area (TPSA) is 52.0 Å². The Balaban J connectivity index is 3.56. The predicted octanol–water partition coefficient (Wildman–Crippen LogP) is 2.99. The Bertz CT molecular complexity index is 397. The Morgan fingerprint density at radius 1 is 1.12 bits per heavy atom. The van der Waals surface area contributed by atoms with Gasteiger partial charge in [-0.1, -0.05) is 13.8 Å². The lowest BCUT2D eigenvalue weighted by Gasteiger charge is -2.19. The quantitative estimate of drug-likeness (QED) is 0.770. The van der Waals surface area contributed by atoms with E-state index in [9.17, 15) is 13.2 Å². The van der Waals surface area contributed by atoms with Crippen molar-refractivity contribution < 1.29 is 13.2 Å². The summed E-state index contributed by atoms with van der Waals surface area (Å²) in [7, 11) is 0. The number of benzene rings is 1. The van der Waals surface area contributed by atoms with E-state index in [-0.39, 0.29) is 23.4 Å². The standard InChI is InChI=1S/C11H15F3N2/c1-3-6-5-8(15)9(11(12,13)14)7(4-2)10(6)16/h5H,3-4,15-16H2,1-2H3. The summed E-state index contributed by atoms with van der Waals surface area (Å²) in [5.41, 5.74) is 11.1. The Hall–Kier alpha value is -1.39. The van der Waals surface area contributed by atoms with E-state index in [1.807, 2.05) is 6.92 Å². The van der Waals surface area contributed by atoms with Crippen LogP contribution in [0.3, 0.4) is 0 Å². The zero-order valence-corrected chi connectivity index (χ0v) is 9.28. The van der Waals surface area contributed by atoms with Crippen LogP contribution in [-0.4, -0.2) is 0 Å². The van der Waals surface area contributed by atoms with Gasteiger partial charge in [0.25, 0.3) is 0 Å². The van der Waals surface area contributed by atoms with Crippen molar-refractivity contribution >= 4 is 11.4 Å². The van der Waals surface area contributed by atoms with Crippen LogP contribution in [0.5, 0.6) is 0 Å². The van der Waals surface area contributed by atoms with Crippen molar-refractivity contribution in [2.75, 3.05) is 11.5 Å². The third-order valence-electron chi connectivity index (χ3n) is 2.61. The molecule has 0 unspecified atom stereocenters. The monoisotopic (exact) mass is 232 g/mol. The molecule has 1 aromatic rings. The van der Waals surface area contributed by atoms with Crippen LogP contribution in [0.15, 0.2) is 6.07 Å². The summed E-state index contributed by atoms with van der Waals surface area (Å²) < 4.78 is 38.3. The molecule has 0 aliphatic carbocycles. The number of aryl methyl sites for hydroxylation is 1. The number of alkyl halides is 3. The van der Waals surface area contributed by atoms with Gasteiger partial charge in [0.1, 0.15) is 0 Å². The lowest BCUT2D eigenvalue weighted by atomic mass is 9.95. The second-order valence-electron chi connectivity index (χ2n) is 3.60. The fourth-order valence-electron chi connectivity index (χ4n) is 1.83. The van der Waals surface area contributed by atoms with Crippen molar-refractivity contribution in [1.82, 2.24) is 0 Å². The highest BCUT2D eigenvalue weighted by Gasteiger charge is 2.36. The van der Waals surface area contributed by atoms with Crippen LogP contribution in [0.1, 0.15) is 30.5 Å². The molecule has 0 atom stereocenters. The molecule has 0 aromatic heterocycles. The molecule has 0 heterocycles. The van der Waals surface area contributed by atoms with Crippen molar-refractivity contribution in [1.29, 1.82) is 0 Å². The SMILES string of the molecule is CCc1cc(N)c(C(F)(F)F)c(CC)c1N. The van der Waals surface area contributed by atoms with E-state index >= 15 is 0 Å². The summed E-state index contributed by atoms with van der Waals surface area (Å²) in [6.07, 6.45) is -3.66. The molecule has 0 bridgehead atoms. The molecule has 0 saturated carbocycles. The lowest BCUT2D eigenvalue weighted by Crippen LogP contribution is -2.15. The summed E-state index contributed by atoms with van der Waals surface area (Å²) in [4.78, 5) is 0. The predicted molar refractivity (Wildman–Crippen MR) is 59.0 cm³/mol. The minimum absolute atomic E-state index is 0.101. The van der Waals surface area contributed by atoms with Crippen LogP contribution < -0.4 is 11.5 Å². The van der Waals surface area contributed by atoms with Crippen LogP contribution >= 0.6 is 0 Å². The van der Waals surface area contributed by atoms with Gasteiger partial charge in [-0.25, -0.2) is 0 Å². The van der Waals surface area contributed by atoms with Crippen LogP contribution in [-0.2, 0) is 19.0 Å². The van der Waals surface area contributed by atoms with Crippen molar-refractivity contribution in [3.8, 4) is 0 Å². The first kappa shape index (κ1) is 12.7. The lowest BCUT2D eigenvalue weighted by molar-refractivity contribution is -0.137. The fourth-order valence-corrected chi connectivity index (χ4v) is 1.83. The first-order chi connectivity index (χ1) is 7.32. The number of hydrogen-bond acceptors (Lipinski definition) is 2. The number of nitrogens with two attached hydrogens (primary N) is 2. The zero-order valence-electron chi connectivity index (χ0n) is 9.28. The van der Waals surface area contributed by atoms with Gasteiger partial charge in [0.2, 0.25) is 0 Å². The minimum Gasteiger partial charge on any atom is -0.398 e. The molecule has 0 aliphatic rings. The highest BCUT2D eigenvalue weighted by molar-refractivity contribution is 5.67. The molecule has 1 aromatic carbocycles. The average molecular weight is 232 g/mol. The molecule has 2 nitrogen and oxygen atoms in total. The molecule has 0 fully saturated rings. The smallest absolute Gasteiger partial charge is 0.398 e. The van der Waals surface area contributed by atoms with Gasteiger partial charge in [-0.2, -0.15) is 13.2 Å². The van der Waals surface area contributed by atoms with Crippen molar-refractivity contribution in [2.45, 2.75) is 32.9 Å². The van der Waals surface area contributed by atoms with Crippen LogP contribution in [0.2, 0.25) is 0 Å². The highest BCUT2D eigenvalue weighted by Crippen LogP contribution is 2.40. The molecule has 5 heteroatoms. The number of anilines is 2. The first-order valence-electron chi connectivity index (χ1n) is 5.09. The molecule has 90 valence electrons. The molecule has 0 saturated heterocycles. The summed E-state index contributed by atoms with van der Waals surface area (Å²) in [6, 6.07) is 1.32. The summed E-state index contributed by atoms with van der Waals surface area (Å²) in [6.45, 7) is 3.47. The summed E-state index contributed by atoms with van der Waals surface area (Å²) in [5.74, 6) is 0. The first-order valence-corrected chi connectivity index (χ1v) is 5.09. The molecule has 1 rings (SSSR count). The summed E-state index contributed by atoms with van der Waals surface area (Å²) in [5, 5.41) is 0. The average Bonchev–Trinajstić information content (AvgIpc) is 2.18. The van der Waals surface area contributed by atoms with Crippen molar-refractivity contribution in [3.05, 3.63) is 22.8 Å². The Labute approximate surface area is 92.4 Å². The molecule has 16 heavy (non-hydrogen) atoms. The molecule has 0 aliphatic heterocycles. The fraction of sp³-hybridized carbons (Fsp3) is 0.455. The third-order valence-corrected chi connectivity index (χ3v) is 2.61. The number of hydrogen-bond donors (Lipinski definition) is 2. The van der Waals surface area contributed by atoms with E-state index < -0.39 is 11.7 Å². The maximum absolute atomic E-state index is 12.8. The Kier molecular flexibility index (Phi) is 3.35. The van der Waals surface area contributed by atoms with Crippen LogP contribution in [0.25, 0.3) is 0 Å². The third kappa shape index (κ3) is 2.08. The van der Waals surface area contributed by atoms with E-state index in [0.29, 0.717) is 12.0 Å². The van der Waals surface area contributed by atoms with Gasteiger partial charge in [-0.05, 0) is 30.0 Å². The van der Waals surface area contributed by atoms with Crippen molar-refractivity contribution in [2.24, 2.45) is 0 Å². The second-order valence-corrected chi connectivity index (χ2v) is 3.60. The van der Waals surface area contributed by atoms with Gasteiger partial charge >= 0.3 is 6.18 Å². The summed E-state index contributed by atoms with van der Waals surface area (Å²) >= 11 is 0. The van der Waals surface area contributed by atoms with Gasteiger partial charge in [0.05, 0.1) is 5.56 Å². The number of halogens is 3. The molecule has 0 amide bonds. The van der Waals surface area contributed by atoms with Crippen LogP contribution in [0.4, 0.5) is 24.5 Å². The van der Waals surface area contributed by atoms with Gasteiger partial charge in [-0.3, -0.25) is 0 Å². The number of nitrogen functional groups attached to an aromatic ring is 2. The maximum atomic E-state index is 12.8. The largest absolute Gasteiger partial charge is 0.418 e. The van der Waals surface area contributed by atoms with Gasteiger partial charge in [0, 0.05) is 11.4 Å². The van der Waals surface area contributed by atoms with Crippen molar-refractivity contribution in [3.63, 3.8) is 0 Å². The zero-order chi connectivity index (χ0) is 12.5. The molecular weight excluding hydrogens is 217 g/mol. The molecule has 4 N–H and O–H groups in total. The molecular formula is C11H15F3N2. The van der Waals surface area contributed by atoms with E-state index in [0.717, 1.165) is 0 Å². The van der Waals surface area contributed by atoms with E-state index in [1.165, 1.54) is 6.07 Å². The van der Waals surface area contributed by atoms with Gasteiger partial charge in [-0.15, -0.1) is 0 Å². The molecule has 0 spiro atoms. The van der Waals surface area contributed by atoms with Crippen LogP contribution in [0, 0.1) is 0 Å². The van der Waals surface area contributed by atoms with E-state index in [1.54, 1.807) is 6.92 Å². The number of rotatable bonds is 2. The molecule has 0 radical (unpaired) electrons. The van der Waals surface area contributed by atoms with Gasteiger partial charge < -0.3 is 11.5 Å². The highest BCUT2D eigenvalue weighted by atomic mass is 19.4. The minimum atomic E-state index is -4.45. The van der Waals surface area contributed by atoms with E-state index in [4.69, 9.17) is 11.5 Å². The normalized spacial score (nSPS) is 11.8. The second kappa shape index (κ2) is 4.23. The maximum Gasteiger partial charge on any atom is 0.418 e. The Morgan fingerprint density at radius 3 is 2.06 bits per heavy atom.